The van der Waals surface area contributed by atoms with Crippen molar-refractivity contribution in [2.24, 2.45) is 0 Å². The van der Waals surface area contributed by atoms with Crippen LogP contribution in [0, 0.1) is 0 Å². The monoisotopic (exact) mass is 280 g/mol. The van der Waals surface area contributed by atoms with Crippen molar-refractivity contribution in [1.82, 2.24) is 9.97 Å². The first-order chi connectivity index (χ1) is 9.06. The summed E-state index contributed by atoms with van der Waals surface area (Å²) in [7, 11) is 0. The highest BCUT2D eigenvalue weighted by atomic mass is 35.5. The van der Waals surface area contributed by atoms with E-state index in [-0.39, 0.29) is 12.4 Å². The maximum atomic E-state index is 11.4. The summed E-state index contributed by atoms with van der Waals surface area (Å²) < 4.78 is 5.36. The molecule has 1 aromatic carbocycles. The third kappa shape index (κ3) is 3.32. The minimum atomic E-state index is -1.32. The predicted molar refractivity (Wildman–Crippen MR) is 67.6 cm³/mol. The van der Waals surface area contributed by atoms with E-state index in [0.717, 1.165) is 6.20 Å². The highest BCUT2D eigenvalue weighted by Crippen LogP contribution is 2.16. The van der Waals surface area contributed by atoms with E-state index in [1.807, 2.05) is 0 Å². The van der Waals surface area contributed by atoms with Crippen LogP contribution in [-0.4, -0.2) is 21.0 Å². The number of rotatable bonds is 4. The quantitative estimate of drug-likeness (QED) is 0.889. The molecule has 0 amide bonds. The van der Waals surface area contributed by atoms with Crippen molar-refractivity contribution in [1.29, 1.82) is 0 Å². The van der Waals surface area contributed by atoms with Gasteiger partial charge in [-0.3, -0.25) is 4.79 Å². The summed E-state index contributed by atoms with van der Waals surface area (Å²) in [6, 6.07) is 6.68. The highest BCUT2D eigenvalue weighted by Gasteiger charge is 2.09. The Balaban J connectivity index is 2.08. The molecule has 0 saturated carbocycles. The van der Waals surface area contributed by atoms with Gasteiger partial charge in [-0.15, -0.1) is 0 Å². The summed E-state index contributed by atoms with van der Waals surface area (Å²) in [5.74, 6) is -0.516. The van der Waals surface area contributed by atoms with Crippen molar-refractivity contribution in [3.63, 3.8) is 0 Å². The number of ether oxygens (including phenoxy) is 1. The molecule has 2 rings (SSSR count). The largest absolute Gasteiger partial charge is 0.486 e. The van der Waals surface area contributed by atoms with Gasteiger partial charge in [0.2, 0.25) is 0 Å². The van der Waals surface area contributed by atoms with E-state index in [9.17, 15) is 9.59 Å². The summed E-state index contributed by atoms with van der Waals surface area (Å²) in [5, 5.41) is 9.27. The number of aromatic amines is 1. The molecule has 0 atom stereocenters. The van der Waals surface area contributed by atoms with Gasteiger partial charge in [-0.05, 0) is 24.3 Å². The normalized spacial score (nSPS) is 10.2. The Hall–Kier alpha value is -2.34. The molecule has 0 spiro atoms. The molecule has 1 heterocycles. The minimum absolute atomic E-state index is 0.0246. The van der Waals surface area contributed by atoms with E-state index in [1.165, 1.54) is 0 Å². The van der Waals surface area contributed by atoms with Crippen LogP contribution in [0.15, 0.2) is 35.3 Å². The molecule has 0 saturated heterocycles. The molecule has 0 fully saturated rings. The molecule has 0 aliphatic heterocycles. The molecule has 19 heavy (non-hydrogen) atoms. The molecular formula is C12H9ClN2O4. The number of carbonyl (C=O) groups is 1. The van der Waals surface area contributed by atoms with Gasteiger partial charge in [0.25, 0.3) is 5.56 Å². The Kier molecular flexibility index (Phi) is 3.82. The summed E-state index contributed by atoms with van der Waals surface area (Å²) >= 11 is 5.73. The molecule has 7 heteroatoms. The van der Waals surface area contributed by atoms with Gasteiger partial charge < -0.3 is 14.8 Å². The summed E-state index contributed by atoms with van der Waals surface area (Å²) in [6.45, 7) is 0.0246. The van der Waals surface area contributed by atoms with E-state index in [1.54, 1.807) is 24.3 Å². The molecule has 0 unspecified atom stereocenters. The molecule has 0 bridgehead atoms. The zero-order valence-corrected chi connectivity index (χ0v) is 10.3. The lowest BCUT2D eigenvalue weighted by Crippen LogP contribution is -2.20. The third-order valence-electron chi connectivity index (χ3n) is 2.27. The highest BCUT2D eigenvalue weighted by molar-refractivity contribution is 6.30. The molecule has 6 nitrogen and oxygen atoms in total. The topological polar surface area (TPSA) is 92.3 Å². The molecule has 0 radical (unpaired) electrons. The van der Waals surface area contributed by atoms with E-state index in [0.29, 0.717) is 10.8 Å². The molecule has 0 aliphatic rings. The Bertz CT molecular complexity index is 652. The zero-order chi connectivity index (χ0) is 13.8. The number of aromatic nitrogens is 2. The van der Waals surface area contributed by atoms with Crippen LogP contribution in [0.2, 0.25) is 5.02 Å². The van der Waals surface area contributed by atoms with Crippen LogP contribution < -0.4 is 10.3 Å². The first-order valence-electron chi connectivity index (χ1n) is 5.26. The van der Waals surface area contributed by atoms with Crippen LogP contribution in [0.4, 0.5) is 0 Å². The van der Waals surface area contributed by atoms with E-state index in [2.05, 4.69) is 9.97 Å². The number of carboxylic acids is 1. The van der Waals surface area contributed by atoms with Crippen LogP contribution in [0.3, 0.4) is 0 Å². The lowest BCUT2D eigenvalue weighted by atomic mass is 10.3. The fourth-order valence-corrected chi connectivity index (χ4v) is 1.47. The molecule has 98 valence electrons. The van der Waals surface area contributed by atoms with Crippen molar-refractivity contribution in [2.45, 2.75) is 6.61 Å². The maximum Gasteiger partial charge on any atom is 0.342 e. The second-order valence-electron chi connectivity index (χ2n) is 3.62. The van der Waals surface area contributed by atoms with Gasteiger partial charge in [-0.1, -0.05) is 11.6 Å². The number of benzene rings is 1. The minimum Gasteiger partial charge on any atom is -0.486 e. The smallest absolute Gasteiger partial charge is 0.342 e. The fourth-order valence-electron chi connectivity index (χ4n) is 1.34. The van der Waals surface area contributed by atoms with Gasteiger partial charge in [0.05, 0.1) is 0 Å². The first kappa shape index (κ1) is 13.1. The van der Waals surface area contributed by atoms with Crippen molar-refractivity contribution in [2.75, 3.05) is 0 Å². The van der Waals surface area contributed by atoms with Gasteiger partial charge in [-0.25, -0.2) is 9.78 Å². The summed E-state index contributed by atoms with van der Waals surface area (Å²) in [4.78, 5) is 28.2. The van der Waals surface area contributed by atoms with Gasteiger partial charge in [0.1, 0.15) is 23.7 Å². The lowest BCUT2D eigenvalue weighted by Gasteiger charge is -2.05. The molecule has 2 N–H and O–H groups in total. The van der Waals surface area contributed by atoms with Gasteiger partial charge in [-0.2, -0.15) is 0 Å². The number of H-pyrrole nitrogens is 1. The van der Waals surface area contributed by atoms with Crippen LogP contribution in [0.25, 0.3) is 0 Å². The van der Waals surface area contributed by atoms with Gasteiger partial charge >= 0.3 is 5.97 Å². The number of aromatic carboxylic acids is 1. The second kappa shape index (κ2) is 5.53. The van der Waals surface area contributed by atoms with Crippen molar-refractivity contribution in [3.8, 4) is 5.75 Å². The number of hydrogen-bond acceptors (Lipinski definition) is 4. The Labute approximate surface area is 112 Å². The van der Waals surface area contributed by atoms with E-state index in [4.69, 9.17) is 21.4 Å². The Morgan fingerprint density at radius 1 is 1.37 bits per heavy atom. The maximum absolute atomic E-state index is 11.4. The predicted octanol–water partition coefficient (Wildman–Crippen LogP) is 1.70. The van der Waals surface area contributed by atoms with E-state index < -0.39 is 17.1 Å². The number of nitrogens with zero attached hydrogens (tertiary/aromatic N) is 1. The van der Waals surface area contributed by atoms with Crippen LogP contribution in [0.1, 0.15) is 16.2 Å². The van der Waals surface area contributed by atoms with Crippen molar-refractivity contribution >= 4 is 17.6 Å². The average Bonchev–Trinajstić information content (AvgIpc) is 2.37. The molecule has 2 aromatic rings. The second-order valence-corrected chi connectivity index (χ2v) is 4.06. The van der Waals surface area contributed by atoms with Gasteiger partial charge in [0, 0.05) is 11.2 Å². The van der Waals surface area contributed by atoms with Crippen molar-refractivity contribution < 1.29 is 14.6 Å². The lowest BCUT2D eigenvalue weighted by molar-refractivity contribution is 0.0694. The molecular weight excluding hydrogens is 272 g/mol. The molecule has 1 aromatic heterocycles. The van der Waals surface area contributed by atoms with E-state index >= 15 is 0 Å². The summed E-state index contributed by atoms with van der Waals surface area (Å²) in [6.07, 6.45) is 1.00. The first-order valence-corrected chi connectivity index (χ1v) is 5.64. The van der Waals surface area contributed by atoms with Crippen LogP contribution in [0.5, 0.6) is 5.75 Å². The van der Waals surface area contributed by atoms with Crippen molar-refractivity contribution in [3.05, 3.63) is 57.2 Å². The number of hydrogen-bond donors (Lipinski definition) is 2. The Morgan fingerprint density at radius 2 is 2.05 bits per heavy atom. The number of nitrogens with one attached hydrogen (secondary N) is 1. The number of carboxylic acid groups (broad SMARTS) is 1. The third-order valence-corrected chi connectivity index (χ3v) is 2.52. The standard InChI is InChI=1S/C12H9ClN2O4/c13-7-1-3-8(4-2-7)19-6-10-14-5-9(12(17)18)11(16)15-10/h1-5H,6H2,(H,17,18)(H,14,15,16). The van der Waals surface area contributed by atoms with Crippen LogP contribution >= 0.6 is 11.6 Å². The fraction of sp³-hybridized carbons (Fsp3) is 0.0833. The average molecular weight is 281 g/mol. The molecule has 0 aliphatic carbocycles. The van der Waals surface area contributed by atoms with Gasteiger partial charge in [0.15, 0.2) is 0 Å². The SMILES string of the molecule is O=C(O)c1cnc(COc2ccc(Cl)cc2)[nH]c1=O. The van der Waals surface area contributed by atoms with Crippen LogP contribution in [-0.2, 0) is 6.61 Å². The zero-order valence-electron chi connectivity index (χ0n) is 9.59. The summed E-state index contributed by atoms with van der Waals surface area (Å²) in [5.41, 5.74) is -1.12. The number of halogens is 1. The Morgan fingerprint density at radius 3 is 2.63 bits per heavy atom.